The normalized spacial score (nSPS) is 18.1. The van der Waals surface area contributed by atoms with Crippen LogP contribution in [0, 0.1) is 0 Å². The highest BCUT2D eigenvalue weighted by molar-refractivity contribution is 6.31. The van der Waals surface area contributed by atoms with Gasteiger partial charge in [-0.2, -0.15) is 0 Å². The lowest BCUT2D eigenvalue weighted by molar-refractivity contribution is -0.126. The number of amides is 2. The van der Waals surface area contributed by atoms with E-state index < -0.39 is 11.4 Å². The van der Waals surface area contributed by atoms with E-state index in [0.717, 1.165) is 5.56 Å². The second-order valence-corrected chi connectivity index (χ2v) is 10.5. The van der Waals surface area contributed by atoms with Gasteiger partial charge < -0.3 is 19.0 Å². The van der Waals surface area contributed by atoms with Crippen LogP contribution in [0.2, 0.25) is 5.02 Å². The molecule has 2 aliphatic rings. The molecule has 6 rings (SSSR count). The van der Waals surface area contributed by atoms with Crippen molar-refractivity contribution in [1.29, 1.82) is 0 Å². The molecule has 0 aliphatic carbocycles. The third kappa shape index (κ3) is 3.79. The van der Waals surface area contributed by atoms with Gasteiger partial charge in [-0.1, -0.05) is 60.1 Å². The maximum absolute atomic E-state index is 14.7. The quantitative estimate of drug-likeness (QED) is 0.288. The Labute approximate surface area is 230 Å². The SMILES string of the molecule is CC(C)OCCCN1C(=O)c2oc3ccccc3c(=O)c2C12C(=O)N(Cc1ccccc1Cl)c1ccccc12. The first-order valence-electron chi connectivity index (χ1n) is 13.0. The van der Waals surface area contributed by atoms with E-state index in [-0.39, 0.29) is 41.9 Å². The summed E-state index contributed by atoms with van der Waals surface area (Å²) in [6, 6.07) is 21.4. The van der Waals surface area contributed by atoms with Gasteiger partial charge in [-0.15, -0.1) is 0 Å². The molecule has 0 bridgehead atoms. The Morgan fingerprint density at radius 1 is 0.949 bits per heavy atom. The van der Waals surface area contributed by atoms with Gasteiger partial charge in [0.25, 0.3) is 11.8 Å². The highest BCUT2D eigenvalue weighted by Crippen LogP contribution is 2.53. The van der Waals surface area contributed by atoms with Crippen LogP contribution in [0.15, 0.2) is 82.0 Å². The second-order valence-electron chi connectivity index (χ2n) is 10.1. The minimum atomic E-state index is -1.66. The van der Waals surface area contributed by atoms with Gasteiger partial charge in [0, 0.05) is 23.7 Å². The monoisotopic (exact) mass is 542 g/mol. The van der Waals surface area contributed by atoms with E-state index in [9.17, 15) is 14.4 Å². The molecule has 1 spiro atoms. The van der Waals surface area contributed by atoms with Gasteiger partial charge in [0.2, 0.25) is 5.76 Å². The van der Waals surface area contributed by atoms with Crippen molar-refractivity contribution in [2.75, 3.05) is 18.1 Å². The average molecular weight is 543 g/mol. The molecule has 1 atom stereocenters. The highest BCUT2D eigenvalue weighted by atomic mass is 35.5. The van der Waals surface area contributed by atoms with Crippen LogP contribution in [0.4, 0.5) is 5.69 Å². The van der Waals surface area contributed by atoms with Gasteiger partial charge >= 0.3 is 0 Å². The van der Waals surface area contributed by atoms with Crippen molar-refractivity contribution >= 4 is 40.1 Å². The van der Waals surface area contributed by atoms with E-state index >= 15 is 0 Å². The molecule has 0 saturated heterocycles. The fourth-order valence-electron chi connectivity index (χ4n) is 5.73. The Kier molecular flexibility index (Phi) is 6.28. The van der Waals surface area contributed by atoms with Crippen molar-refractivity contribution in [3.8, 4) is 0 Å². The summed E-state index contributed by atoms with van der Waals surface area (Å²) in [4.78, 5) is 46.0. The van der Waals surface area contributed by atoms with Gasteiger partial charge in [-0.3, -0.25) is 14.4 Å². The summed E-state index contributed by atoms with van der Waals surface area (Å²) in [6.45, 7) is 4.66. The fourth-order valence-corrected chi connectivity index (χ4v) is 5.93. The van der Waals surface area contributed by atoms with E-state index in [1.54, 1.807) is 35.2 Å². The smallest absolute Gasteiger partial charge is 0.291 e. The third-order valence-electron chi connectivity index (χ3n) is 7.41. The Morgan fingerprint density at radius 2 is 1.67 bits per heavy atom. The lowest BCUT2D eigenvalue weighted by Gasteiger charge is -2.34. The van der Waals surface area contributed by atoms with Crippen molar-refractivity contribution in [2.24, 2.45) is 0 Å². The minimum Gasteiger partial charge on any atom is -0.450 e. The zero-order valence-corrected chi connectivity index (χ0v) is 22.4. The van der Waals surface area contributed by atoms with Crippen molar-refractivity contribution < 1.29 is 18.7 Å². The predicted octanol–water partition coefficient (Wildman–Crippen LogP) is 5.51. The number of hydrogen-bond acceptors (Lipinski definition) is 5. The van der Waals surface area contributed by atoms with Crippen LogP contribution in [-0.2, 0) is 21.6 Å². The lowest BCUT2D eigenvalue weighted by Crippen LogP contribution is -2.53. The van der Waals surface area contributed by atoms with E-state index in [2.05, 4.69) is 0 Å². The number of carbonyl (C=O) groups is 2. The van der Waals surface area contributed by atoms with E-state index in [0.29, 0.717) is 40.3 Å². The number of nitrogens with zero attached hydrogens (tertiary/aromatic N) is 2. The molecule has 4 aromatic rings. The van der Waals surface area contributed by atoms with E-state index in [1.165, 1.54) is 4.90 Å². The molecule has 1 aromatic heterocycles. The summed E-state index contributed by atoms with van der Waals surface area (Å²) < 4.78 is 11.8. The third-order valence-corrected chi connectivity index (χ3v) is 7.78. The summed E-state index contributed by atoms with van der Waals surface area (Å²) in [7, 11) is 0. The second kappa shape index (κ2) is 9.67. The molecule has 3 heterocycles. The van der Waals surface area contributed by atoms with Crippen LogP contribution < -0.4 is 10.3 Å². The number of halogens is 1. The Bertz CT molecular complexity index is 1680. The Balaban J connectivity index is 1.57. The van der Waals surface area contributed by atoms with Crippen molar-refractivity contribution in [3.63, 3.8) is 0 Å². The molecule has 7 nitrogen and oxygen atoms in total. The number of carbonyl (C=O) groups excluding carboxylic acids is 2. The largest absolute Gasteiger partial charge is 0.450 e. The number of ether oxygens (including phenoxy) is 1. The number of rotatable bonds is 7. The van der Waals surface area contributed by atoms with Crippen LogP contribution in [0.1, 0.15) is 47.5 Å². The van der Waals surface area contributed by atoms with Crippen LogP contribution in [0.3, 0.4) is 0 Å². The summed E-state index contributed by atoms with van der Waals surface area (Å²) in [5.74, 6) is -0.963. The zero-order valence-electron chi connectivity index (χ0n) is 21.6. The molecule has 0 fully saturated rings. The van der Waals surface area contributed by atoms with Gasteiger partial charge in [-0.05, 0) is 50.1 Å². The van der Waals surface area contributed by atoms with Crippen LogP contribution in [0.25, 0.3) is 11.0 Å². The number of hydrogen-bond donors (Lipinski definition) is 0. The first-order chi connectivity index (χ1) is 18.9. The molecule has 0 N–H and O–H groups in total. The molecule has 0 saturated carbocycles. The van der Waals surface area contributed by atoms with Crippen molar-refractivity contribution in [3.05, 3.63) is 110 Å². The standard InChI is InChI=1S/C31H27ClN2O5/c1-19(2)38-17-9-16-34-29(36)28-26(27(35)21-11-4-8-15-25(21)39-28)31(34)22-12-5-7-14-24(22)33(30(31)37)18-20-10-3-6-13-23(20)32/h3-8,10-15,19H,9,16-18H2,1-2H3. The number of anilines is 1. The first kappa shape index (κ1) is 25.3. The summed E-state index contributed by atoms with van der Waals surface area (Å²) in [6.07, 6.45) is 0.506. The van der Waals surface area contributed by atoms with Gasteiger partial charge in [0.15, 0.2) is 11.0 Å². The van der Waals surface area contributed by atoms with Crippen LogP contribution >= 0.6 is 11.6 Å². The molecule has 39 heavy (non-hydrogen) atoms. The number of fused-ring (bicyclic) bond motifs is 5. The molecule has 3 aromatic carbocycles. The summed E-state index contributed by atoms with van der Waals surface area (Å²) in [5.41, 5.74) is 0.277. The highest BCUT2D eigenvalue weighted by Gasteiger charge is 2.64. The number of para-hydroxylation sites is 2. The topological polar surface area (TPSA) is 80.1 Å². The Hall–Kier alpha value is -3.94. The molecular weight excluding hydrogens is 516 g/mol. The van der Waals surface area contributed by atoms with Gasteiger partial charge in [0.05, 0.1) is 29.3 Å². The first-order valence-corrected chi connectivity index (χ1v) is 13.4. The fraction of sp³-hybridized carbons (Fsp3) is 0.258. The molecule has 198 valence electrons. The molecule has 8 heteroatoms. The average Bonchev–Trinajstić information content (AvgIpc) is 3.32. The van der Waals surface area contributed by atoms with Crippen LogP contribution in [-0.4, -0.2) is 36.0 Å². The zero-order chi connectivity index (χ0) is 27.3. The van der Waals surface area contributed by atoms with Gasteiger partial charge in [0.1, 0.15) is 5.58 Å². The van der Waals surface area contributed by atoms with E-state index in [1.807, 2.05) is 56.3 Å². The lowest BCUT2D eigenvalue weighted by atomic mass is 9.84. The number of benzene rings is 3. The summed E-state index contributed by atoms with van der Waals surface area (Å²) in [5, 5.41) is 0.850. The molecular formula is C31H27ClN2O5. The molecule has 0 radical (unpaired) electrons. The van der Waals surface area contributed by atoms with Crippen LogP contribution in [0.5, 0.6) is 0 Å². The molecule has 2 amide bonds. The molecule has 2 aliphatic heterocycles. The summed E-state index contributed by atoms with van der Waals surface area (Å²) >= 11 is 6.48. The minimum absolute atomic E-state index is 0.0268. The Morgan fingerprint density at radius 3 is 2.46 bits per heavy atom. The molecule has 1 unspecified atom stereocenters. The maximum atomic E-state index is 14.7. The van der Waals surface area contributed by atoms with Crippen molar-refractivity contribution in [2.45, 2.75) is 38.5 Å². The maximum Gasteiger partial charge on any atom is 0.291 e. The predicted molar refractivity (Wildman–Crippen MR) is 149 cm³/mol. The van der Waals surface area contributed by atoms with E-state index in [4.69, 9.17) is 20.8 Å². The van der Waals surface area contributed by atoms with Crippen molar-refractivity contribution in [1.82, 2.24) is 4.90 Å². The van der Waals surface area contributed by atoms with Gasteiger partial charge in [-0.25, -0.2) is 0 Å².